The number of likely N-dealkylation sites (N-methyl/N-ethyl adjacent to an activating group) is 1. The van der Waals surface area contributed by atoms with Crippen LogP contribution in [0.25, 0.3) is 0 Å². The Hall–Kier alpha value is -2.06. The average molecular weight is 347 g/mol. The van der Waals surface area contributed by atoms with Gasteiger partial charge in [0.2, 0.25) is 5.91 Å². The van der Waals surface area contributed by atoms with E-state index in [9.17, 15) is 9.59 Å². The summed E-state index contributed by atoms with van der Waals surface area (Å²) in [5, 5.41) is 0. The Balaban J connectivity index is 1.90. The third-order valence-electron chi connectivity index (χ3n) is 4.89. The fourth-order valence-electron chi connectivity index (χ4n) is 3.67. The van der Waals surface area contributed by atoms with Crippen molar-refractivity contribution in [3.05, 3.63) is 24.3 Å². The lowest BCUT2D eigenvalue weighted by Crippen LogP contribution is -2.57. The fourth-order valence-corrected chi connectivity index (χ4v) is 3.67. The normalized spacial score (nSPS) is 24.3. The van der Waals surface area contributed by atoms with Gasteiger partial charge in [-0.2, -0.15) is 0 Å². The second kappa shape index (κ2) is 7.45. The molecule has 2 amide bonds. The van der Waals surface area contributed by atoms with Gasteiger partial charge in [0.05, 0.1) is 31.6 Å². The number of aromatic nitrogens is 2. The van der Waals surface area contributed by atoms with Crippen molar-refractivity contribution in [2.24, 2.45) is 0 Å². The van der Waals surface area contributed by atoms with E-state index in [0.717, 1.165) is 19.5 Å². The molecule has 8 heteroatoms. The first-order chi connectivity index (χ1) is 12.1. The molecule has 0 bridgehead atoms. The smallest absolute Gasteiger partial charge is 0.254 e. The SMILES string of the molecule is CN(C)C(=O)[C@]1(c2cnccn2)CCCN1C(=O)CN1CCOCC1. The summed E-state index contributed by atoms with van der Waals surface area (Å²) in [5.41, 5.74) is -0.511. The molecule has 1 atom stereocenters. The summed E-state index contributed by atoms with van der Waals surface area (Å²) in [6, 6.07) is 0. The van der Waals surface area contributed by atoms with Crippen LogP contribution in [-0.2, 0) is 19.9 Å². The molecule has 0 spiro atoms. The first-order valence-corrected chi connectivity index (χ1v) is 8.64. The molecule has 2 aliphatic heterocycles. The van der Waals surface area contributed by atoms with E-state index in [1.54, 1.807) is 37.6 Å². The predicted octanol–water partition coefficient (Wildman–Crippen LogP) is -0.285. The number of morpholine rings is 1. The van der Waals surface area contributed by atoms with E-state index in [4.69, 9.17) is 4.74 Å². The van der Waals surface area contributed by atoms with Crippen LogP contribution in [0.5, 0.6) is 0 Å². The van der Waals surface area contributed by atoms with Gasteiger partial charge in [-0.1, -0.05) is 0 Å². The van der Waals surface area contributed by atoms with Crippen LogP contribution < -0.4 is 0 Å². The second-order valence-corrected chi connectivity index (χ2v) is 6.69. The summed E-state index contributed by atoms with van der Waals surface area (Å²) in [6.45, 7) is 3.60. The highest BCUT2D eigenvalue weighted by Gasteiger charge is 2.53. The van der Waals surface area contributed by atoms with Gasteiger partial charge in [0, 0.05) is 46.1 Å². The lowest BCUT2D eigenvalue weighted by atomic mass is 9.90. The Morgan fingerprint density at radius 3 is 2.64 bits per heavy atom. The Kier molecular flexibility index (Phi) is 5.29. The van der Waals surface area contributed by atoms with Crippen LogP contribution in [0, 0.1) is 0 Å². The number of nitrogens with zero attached hydrogens (tertiary/aromatic N) is 5. The minimum atomic E-state index is -1.05. The van der Waals surface area contributed by atoms with Gasteiger partial charge in [-0.3, -0.25) is 24.5 Å². The van der Waals surface area contributed by atoms with Crippen LogP contribution in [0.1, 0.15) is 18.5 Å². The van der Waals surface area contributed by atoms with Crippen LogP contribution in [0.4, 0.5) is 0 Å². The molecular formula is C17H25N5O3. The van der Waals surface area contributed by atoms with E-state index in [-0.39, 0.29) is 11.8 Å². The van der Waals surface area contributed by atoms with E-state index in [1.165, 1.54) is 4.90 Å². The largest absolute Gasteiger partial charge is 0.379 e. The second-order valence-electron chi connectivity index (χ2n) is 6.69. The number of ether oxygens (including phenoxy) is 1. The van der Waals surface area contributed by atoms with Crippen molar-refractivity contribution in [1.82, 2.24) is 24.7 Å². The fraction of sp³-hybridized carbons (Fsp3) is 0.647. The molecule has 0 N–H and O–H groups in total. The van der Waals surface area contributed by atoms with Crippen LogP contribution >= 0.6 is 0 Å². The zero-order chi connectivity index (χ0) is 17.9. The molecule has 1 aromatic heterocycles. The van der Waals surface area contributed by atoms with Crippen molar-refractivity contribution in [3.8, 4) is 0 Å². The molecule has 0 unspecified atom stereocenters. The first kappa shape index (κ1) is 17.8. The van der Waals surface area contributed by atoms with E-state index < -0.39 is 5.54 Å². The molecular weight excluding hydrogens is 322 g/mol. The van der Waals surface area contributed by atoms with E-state index in [2.05, 4.69) is 14.9 Å². The van der Waals surface area contributed by atoms with Gasteiger partial charge in [-0.05, 0) is 12.8 Å². The maximum atomic E-state index is 13.1. The zero-order valence-corrected chi connectivity index (χ0v) is 14.8. The van der Waals surface area contributed by atoms with E-state index in [1.807, 2.05) is 0 Å². The minimum absolute atomic E-state index is 0.0414. The zero-order valence-electron chi connectivity index (χ0n) is 14.8. The van der Waals surface area contributed by atoms with Gasteiger partial charge in [0.15, 0.2) is 5.54 Å². The Labute approximate surface area is 147 Å². The number of amides is 2. The topological polar surface area (TPSA) is 78.9 Å². The molecule has 3 rings (SSSR count). The number of hydrogen-bond acceptors (Lipinski definition) is 6. The Morgan fingerprint density at radius 1 is 1.24 bits per heavy atom. The monoisotopic (exact) mass is 347 g/mol. The highest BCUT2D eigenvalue weighted by atomic mass is 16.5. The van der Waals surface area contributed by atoms with Crippen molar-refractivity contribution in [2.45, 2.75) is 18.4 Å². The van der Waals surface area contributed by atoms with Crippen molar-refractivity contribution in [2.75, 3.05) is 53.5 Å². The molecule has 0 radical (unpaired) electrons. The summed E-state index contributed by atoms with van der Waals surface area (Å²) in [6.07, 6.45) is 6.08. The van der Waals surface area contributed by atoms with Crippen LogP contribution in [0.3, 0.4) is 0 Å². The number of carbonyl (C=O) groups excluding carboxylic acids is 2. The third kappa shape index (κ3) is 3.36. The Bertz CT molecular complexity index is 618. The van der Waals surface area contributed by atoms with Crippen molar-refractivity contribution in [3.63, 3.8) is 0 Å². The predicted molar refractivity (Wildman–Crippen MR) is 90.6 cm³/mol. The lowest BCUT2D eigenvalue weighted by Gasteiger charge is -2.39. The molecule has 2 aliphatic rings. The summed E-state index contributed by atoms with van der Waals surface area (Å²) in [7, 11) is 3.42. The van der Waals surface area contributed by atoms with Crippen LogP contribution in [-0.4, -0.2) is 90.0 Å². The third-order valence-corrected chi connectivity index (χ3v) is 4.89. The summed E-state index contributed by atoms with van der Waals surface area (Å²) in [5.74, 6) is -0.166. The highest BCUT2D eigenvalue weighted by molar-refractivity contribution is 5.93. The van der Waals surface area contributed by atoms with E-state index >= 15 is 0 Å². The maximum Gasteiger partial charge on any atom is 0.254 e. The Morgan fingerprint density at radius 2 is 2.00 bits per heavy atom. The quantitative estimate of drug-likeness (QED) is 0.745. The number of rotatable bonds is 4. The molecule has 1 aromatic rings. The molecule has 0 aromatic carbocycles. The standard InChI is InChI=1S/C17H25N5O3/c1-20(2)16(24)17(14-12-18-5-6-19-14)4-3-7-22(17)15(23)13-21-8-10-25-11-9-21/h5-6,12H,3-4,7-11,13H2,1-2H3/t17-/m1/s1. The molecule has 8 nitrogen and oxygen atoms in total. The lowest BCUT2D eigenvalue weighted by molar-refractivity contribution is -0.152. The van der Waals surface area contributed by atoms with Crippen molar-refractivity contribution >= 4 is 11.8 Å². The maximum absolute atomic E-state index is 13.1. The van der Waals surface area contributed by atoms with Crippen LogP contribution in [0.2, 0.25) is 0 Å². The van der Waals surface area contributed by atoms with Gasteiger partial charge >= 0.3 is 0 Å². The molecule has 0 aliphatic carbocycles. The summed E-state index contributed by atoms with van der Waals surface area (Å²) < 4.78 is 5.34. The van der Waals surface area contributed by atoms with E-state index in [0.29, 0.717) is 38.4 Å². The van der Waals surface area contributed by atoms with Gasteiger partial charge < -0.3 is 14.5 Å². The summed E-state index contributed by atoms with van der Waals surface area (Å²) in [4.78, 5) is 40.0. The number of likely N-dealkylation sites (tertiary alicyclic amines) is 1. The molecule has 136 valence electrons. The molecule has 2 saturated heterocycles. The minimum Gasteiger partial charge on any atom is -0.379 e. The molecule has 25 heavy (non-hydrogen) atoms. The number of carbonyl (C=O) groups is 2. The molecule has 0 saturated carbocycles. The first-order valence-electron chi connectivity index (χ1n) is 8.64. The van der Waals surface area contributed by atoms with Gasteiger partial charge in [-0.25, -0.2) is 0 Å². The van der Waals surface area contributed by atoms with Gasteiger partial charge in [-0.15, -0.1) is 0 Å². The average Bonchev–Trinajstić information content (AvgIpc) is 3.08. The van der Waals surface area contributed by atoms with Crippen LogP contribution in [0.15, 0.2) is 18.6 Å². The highest BCUT2D eigenvalue weighted by Crippen LogP contribution is 2.39. The molecule has 3 heterocycles. The van der Waals surface area contributed by atoms with Gasteiger partial charge in [0.25, 0.3) is 5.91 Å². The van der Waals surface area contributed by atoms with Gasteiger partial charge in [0.1, 0.15) is 0 Å². The number of hydrogen-bond donors (Lipinski definition) is 0. The molecule has 2 fully saturated rings. The van der Waals surface area contributed by atoms with Crippen molar-refractivity contribution in [1.29, 1.82) is 0 Å². The summed E-state index contributed by atoms with van der Waals surface area (Å²) >= 11 is 0. The van der Waals surface area contributed by atoms with Crippen molar-refractivity contribution < 1.29 is 14.3 Å².